The van der Waals surface area contributed by atoms with Gasteiger partial charge in [0, 0.05) is 11.3 Å². The molecule has 2 aliphatic carbocycles. The van der Waals surface area contributed by atoms with Crippen molar-refractivity contribution >= 4 is 11.8 Å². The van der Waals surface area contributed by atoms with Crippen LogP contribution in [0.3, 0.4) is 0 Å². The summed E-state index contributed by atoms with van der Waals surface area (Å²) in [5, 5.41) is 4.73. The van der Waals surface area contributed by atoms with Crippen LogP contribution in [0.25, 0.3) is 0 Å². The van der Waals surface area contributed by atoms with Crippen molar-refractivity contribution in [1.29, 1.82) is 0 Å². The van der Waals surface area contributed by atoms with Gasteiger partial charge in [-0.2, -0.15) is 11.8 Å². The van der Waals surface area contributed by atoms with Crippen molar-refractivity contribution < 1.29 is 0 Å². The van der Waals surface area contributed by atoms with Crippen molar-refractivity contribution in [2.24, 2.45) is 5.92 Å². The Morgan fingerprint density at radius 1 is 1.00 bits per heavy atom. The maximum absolute atomic E-state index is 3.83. The number of hydrogen-bond acceptors (Lipinski definition) is 2. The summed E-state index contributed by atoms with van der Waals surface area (Å²) >= 11 is 2.06. The van der Waals surface area contributed by atoms with E-state index in [4.69, 9.17) is 0 Å². The number of nitrogens with one attached hydrogen (secondary N) is 1. The number of rotatable bonds is 4. The van der Waals surface area contributed by atoms with Crippen molar-refractivity contribution in [2.75, 3.05) is 12.8 Å². The van der Waals surface area contributed by atoms with Crippen LogP contribution in [0.2, 0.25) is 0 Å². The average Bonchev–Trinajstić information content (AvgIpc) is 2.75. The van der Waals surface area contributed by atoms with E-state index < -0.39 is 0 Å². The van der Waals surface area contributed by atoms with Crippen LogP contribution in [-0.4, -0.2) is 24.1 Å². The molecule has 0 saturated heterocycles. The summed E-state index contributed by atoms with van der Waals surface area (Å²) in [7, 11) is 0. The molecule has 0 aromatic carbocycles. The van der Waals surface area contributed by atoms with E-state index in [0.717, 1.165) is 17.2 Å². The predicted octanol–water partition coefficient (Wildman–Crippen LogP) is 3.44. The Kier molecular flexibility index (Phi) is 4.83. The van der Waals surface area contributed by atoms with Gasteiger partial charge in [0.2, 0.25) is 0 Å². The van der Waals surface area contributed by atoms with Crippen LogP contribution in [-0.2, 0) is 0 Å². The van der Waals surface area contributed by atoms with E-state index in [0.29, 0.717) is 0 Å². The normalized spacial score (nSPS) is 33.4. The van der Waals surface area contributed by atoms with Gasteiger partial charge in [0.15, 0.2) is 0 Å². The lowest BCUT2D eigenvalue weighted by molar-refractivity contribution is 0.328. The van der Waals surface area contributed by atoms with Crippen LogP contribution in [0.1, 0.15) is 51.4 Å². The first-order chi connectivity index (χ1) is 7.40. The number of hydrogen-bond donors (Lipinski definition) is 1. The van der Waals surface area contributed by atoms with Crippen LogP contribution in [0.15, 0.2) is 0 Å². The van der Waals surface area contributed by atoms with Crippen LogP contribution in [0, 0.1) is 5.92 Å². The highest BCUT2D eigenvalue weighted by atomic mass is 32.2. The highest BCUT2D eigenvalue weighted by Crippen LogP contribution is 2.29. The summed E-state index contributed by atoms with van der Waals surface area (Å²) in [6, 6.07) is 0.821. The smallest absolute Gasteiger partial charge is 0.0198 e. The van der Waals surface area contributed by atoms with Crippen LogP contribution in [0.4, 0.5) is 0 Å². The Bertz CT molecular complexity index is 177. The van der Waals surface area contributed by atoms with Crippen LogP contribution in [0.5, 0.6) is 0 Å². The monoisotopic (exact) mass is 227 g/mol. The first-order valence-electron chi connectivity index (χ1n) is 6.66. The zero-order valence-corrected chi connectivity index (χ0v) is 10.8. The Morgan fingerprint density at radius 3 is 2.53 bits per heavy atom. The molecule has 1 nitrogen and oxygen atoms in total. The molecular weight excluding hydrogens is 202 g/mol. The van der Waals surface area contributed by atoms with Gasteiger partial charge in [-0.1, -0.05) is 25.7 Å². The minimum Gasteiger partial charge on any atom is -0.313 e. The molecule has 15 heavy (non-hydrogen) atoms. The lowest BCUT2D eigenvalue weighted by atomic mass is 9.89. The molecule has 0 spiro atoms. The van der Waals surface area contributed by atoms with E-state index in [1.807, 2.05) is 0 Å². The highest BCUT2D eigenvalue weighted by Gasteiger charge is 2.26. The van der Waals surface area contributed by atoms with Gasteiger partial charge in [0.05, 0.1) is 0 Å². The molecule has 0 aromatic heterocycles. The zero-order valence-electron chi connectivity index (χ0n) is 10.0. The molecule has 1 N–H and O–H groups in total. The van der Waals surface area contributed by atoms with Gasteiger partial charge in [-0.15, -0.1) is 0 Å². The minimum atomic E-state index is 0.821. The Hall–Kier alpha value is 0.310. The fourth-order valence-electron chi connectivity index (χ4n) is 3.15. The molecule has 88 valence electrons. The van der Waals surface area contributed by atoms with Crippen molar-refractivity contribution in [3.8, 4) is 0 Å². The third-order valence-corrected chi connectivity index (χ3v) is 5.32. The first-order valence-corrected chi connectivity index (χ1v) is 7.95. The van der Waals surface area contributed by atoms with Gasteiger partial charge in [-0.05, 0) is 44.4 Å². The van der Waals surface area contributed by atoms with Crippen molar-refractivity contribution in [3.63, 3.8) is 0 Å². The topological polar surface area (TPSA) is 12.0 Å². The number of thioether (sulfide) groups is 1. The molecule has 0 aromatic rings. The largest absolute Gasteiger partial charge is 0.313 e. The summed E-state index contributed by atoms with van der Waals surface area (Å²) < 4.78 is 0. The molecular formula is C13H25NS. The molecule has 2 atom stereocenters. The Balaban J connectivity index is 1.67. The fraction of sp³-hybridized carbons (Fsp3) is 1.00. The molecule has 2 heteroatoms. The van der Waals surface area contributed by atoms with Gasteiger partial charge in [0.1, 0.15) is 0 Å². The van der Waals surface area contributed by atoms with Gasteiger partial charge in [-0.3, -0.25) is 0 Å². The third kappa shape index (κ3) is 3.39. The molecule has 2 aliphatic rings. The molecule has 2 saturated carbocycles. The summed E-state index contributed by atoms with van der Waals surface area (Å²) in [6.45, 7) is 1.29. The standard InChI is InChI=1S/C13H25NS/c1-15-13-9-5-8-12(13)14-10-11-6-3-2-4-7-11/h11-14H,2-10H2,1H3. The molecule has 0 amide bonds. The zero-order chi connectivity index (χ0) is 10.5. The Morgan fingerprint density at radius 2 is 1.80 bits per heavy atom. The second kappa shape index (κ2) is 6.15. The summed E-state index contributed by atoms with van der Waals surface area (Å²) in [6.07, 6.45) is 13.9. The molecule has 0 bridgehead atoms. The summed E-state index contributed by atoms with van der Waals surface area (Å²) in [4.78, 5) is 0. The molecule has 0 aliphatic heterocycles. The minimum absolute atomic E-state index is 0.821. The molecule has 0 heterocycles. The maximum atomic E-state index is 3.83. The van der Waals surface area contributed by atoms with Crippen molar-refractivity contribution in [3.05, 3.63) is 0 Å². The molecule has 0 radical (unpaired) electrons. The summed E-state index contributed by atoms with van der Waals surface area (Å²) in [5.74, 6) is 0.988. The summed E-state index contributed by atoms with van der Waals surface area (Å²) in [5.41, 5.74) is 0. The lowest BCUT2D eigenvalue weighted by Gasteiger charge is -2.26. The van der Waals surface area contributed by atoms with Crippen molar-refractivity contribution in [1.82, 2.24) is 5.32 Å². The van der Waals surface area contributed by atoms with E-state index in [-0.39, 0.29) is 0 Å². The third-order valence-electron chi connectivity index (χ3n) is 4.15. The van der Waals surface area contributed by atoms with Crippen LogP contribution < -0.4 is 5.32 Å². The Labute approximate surface area is 98.8 Å². The van der Waals surface area contributed by atoms with Gasteiger partial charge >= 0.3 is 0 Å². The maximum Gasteiger partial charge on any atom is 0.0198 e. The van der Waals surface area contributed by atoms with Crippen LogP contribution >= 0.6 is 11.8 Å². The first kappa shape index (κ1) is 11.8. The van der Waals surface area contributed by atoms with E-state index >= 15 is 0 Å². The van der Waals surface area contributed by atoms with E-state index in [1.165, 1.54) is 57.9 Å². The van der Waals surface area contributed by atoms with Gasteiger partial charge in [-0.25, -0.2) is 0 Å². The highest BCUT2D eigenvalue weighted by molar-refractivity contribution is 7.99. The predicted molar refractivity (Wildman–Crippen MR) is 69.5 cm³/mol. The second-order valence-electron chi connectivity index (χ2n) is 5.22. The van der Waals surface area contributed by atoms with E-state index in [2.05, 4.69) is 23.3 Å². The van der Waals surface area contributed by atoms with Gasteiger partial charge < -0.3 is 5.32 Å². The van der Waals surface area contributed by atoms with Gasteiger partial charge in [0.25, 0.3) is 0 Å². The van der Waals surface area contributed by atoms with E-state index in [9.17, 15) is 0 Å². The van der Waals surface area contributed by atoms with E-state index in [1.54, 1.807) is 0 Å². The molecule has 2 fully saturated rings. The average molecular weight is 227 g/mol. The lowest BCUT2D eigenvalue weighted by Crippen LogP contribution is -2.37. The molecule has 2 rings (SSSR count). The SMILES string of the molecule is CSC1CCCC1NCC1CCCCC1. The fourth-order valence-corrected chi connectivity index (χ4v) is 4.11. The van der Waals surface area contributed by atoms with Crippen molar-refractivity contribution in [2.45, 2.75) is 62.7 Å². The second-order valence-corrected chi connectivity index (χ2v) is 6.30. The molecule has 2 unspecified atom stereocenters. The quantitative estimate of drug-likeness (QED) is 0.789.